The van der Waals surface area contributed by atoms with E-state index in [1.54, 1.807) is 12.1 Å². The van der Waals surface area contributed by atoms with Gasteiger partial charge in [0.05, 0.1) is 19.6 Å². The minimum atomic E-state index is -1.27. The van der Waals surface area contributed by atoms with E-state index in [1.165, 1.54) is 0 Å². The summed E-state index contributed by atoms with van der Waals surface area (Å²) >= 11 is 0. The van der Waals surface area contributed by atoms with E-state index >= 15 is 0 Å². The van der Waals surface area contributed by atoms with Crippen LogP contribution in [-0.4, -0.2) is 41.3 Å². The molecule has 1 atom stereocenters. The van der Waals surface area contributed by atoms with Crippen molar-refractivity contribution in [3.8, 4) is 5.75 Å². The molecule has 18 heavy (non-hydrogen) atoms. The predicted molar refractivity (Wildman–Crippen MR) is 63.2 cm³/mol. The number of aliphatic carboxylic acids is 1. The number of hydrogen-bond acceptors (Lipinski definition) is 4. The maximum absolute atomic E-state index is 11.3. The topological polar surface area (TPSA) is 95.9 Å². The monoisotopic (exact) mass is 253 g/mol. The highest BCUT2D eigenvalue weighted by atomic mass is 16.5. The molecule has 0 unspecified atom stereocenters. The third kappa shape index (κ3) is 4.84. The number of carbonyl (C=O) groups is 2. The maximum Gasteiger partial charge on any atom is 0.328 e. The quantitative estimate of drug-likeness (QED) is 0.636. The minimum Gasteiger partial charge on any atom is -0.493 e. The molecule has 0 saturated carbocycles. The molecule has 6 heteroatoms. The van der Waals surface area contributed by atoms with Crippen molar-refractivity contribution in [3.63, 3.8) is 0 Å². The van der Waals surface area contributed by atoms with E-state index in [1.807, 2.05) is 18.2 Å². The van der Waals surface area contributed by atoms with Gasteiger partial charge in [-0.25, -0.2) is 4.79 Å². The van der Waals surface area contributed by atoms with Crippen LogP contribution in [0.25, 0.3) is 0 Å². The second kappa shape index (κ2) is 7.29. The summed E-state index contributed by atoms with van der Waals surface area (Å²) in [4.78, 5) is 21.9. The van der Waals surface area contributed by atoms with E-state index in [0.717, 1.165) is 0 Å². The lowest BCUT2D eigenvalue weighted by Crippen LogP contribution is -2.43. The zero-order valence-corrected chi connectivity index (χ0v) is 9.70. The maximum atomic E-state index is 11.3. The molecule has 1 rings (SSSR count). The van der Waals surface area contributed by atoms with Gasteiger partial charge in [0.2, 0.25) is 5.91 Å². The van der Waals surface area contributed by atoms with Gasteiger partial charge in [0.25, 0.3) is 0 Å². The van der Waals surface area contributed by atoms with Crippen LogP contribution in [0.1, 0.15) is 6.42 Å². The first-order valence-electron chi connectivity index (χ1n) is 5.44. The van der Waals surface area contributed by atoms with E-state index in [9.17, 15) is 9.59 Å². The van der Waals surface area contributed by atoms with Gasteiger partial charge in [-0.2, -0.15) is 0 Å². The Morgan fingerprint density at radius 2 is 1.94 bits per heavy atom. The molecule has 0 heterocycles. The van der Waals surface area contributed by atoms with Crippen LogP contribution in [0, 0.1) is 0 Å². The summed E-state index contributed by atoms with van der Waals surface area (Å²) in [5.74, 6) is -1.11. The average Bonchev–Trinajstić information content (AvgIpc) is 2.37. The van der Waals surface area contributed by atoms with Gasteiger partial charge in [0, 0.05) is 0 Å². The van der Waals surface area contributed by atoms with Crippen molar-refractivity contribution in [3.05, 3.63) is 30.3 Å². The van der Waals surface area contributed by atoms with Gasteiger partial charge in [0.1, 0.15) is 11.8 Å². The minimum absolute atomic E-state index is 0.0265. The van der Waals surface area contributed by atoms with E-state index in [-0.39, 0.29) is 13.0 Å². The molecule has 98 valence electrons. The fourth-order valence-electron chi connectivity index (χ4n) is 1.23. The number of nitrogens with one attached hydrogen (secondary N) is 1. The molecule has 0 aliphatic heterocycles. The van der Waals surface area contributed by atoms with Gasteiger partial charge < -0.3 is 20.3 Å². The number of ether oxygens (including phenoxy) is 1. The summed E-state index contributed by atoms with van der Waals surface area (Å²) in [6.07, 6.45) is 0.0265. The highest BCUT2D eigenvalue weighted by molar-refractivity contribution is 5.83. The first-order chi connectivity index (χ1) is 8.63. The standard InChI is InChI=1S/C12H15NO5/c14-8-10(12(16)17)13-11(15)6-7-18-9-4-2-1-3-5-9/h1-5,10,14H,6-8H2,(H,13,15)(H,16,17)/t10-/m1/s1. The molecule has 0 fully saturated rings. The van der Waals surface area contributed by atoms with E-state index in [2.05, 4.69) is 5.32 Å². The van der Waals surface area contributed by atoms with Gasteiger partial charge in [-0.1, -0.05) is 18.2 Å². The Balaban J connectivity index is 2.27. The molecular weight excluding hydrogens is 238 g/mol. The average molecular weight is 253 g/mol. The smallest absolute Gasteiger partial charge is 0.328 e. The number of aliphatic hydroxyl groups excluding tert-OH is 1. The Labute approximate surface area is 104 Å². The molecule has 0 aliphatic rings. The molecule has 1 aromatic carbocycles. The zero-order chi connectivity index (χ0) is 13.4. The molecule has 3 N–H and O–H groups in total. The van der Waals surface area contributed by atoms with Crippen LogP contribution >= 0.6 is 0 Å². The summed E-state index contributed by atoms with van der Waals surface area (Å²) in [6, 6.07) is 7.70. The fourth-order valence-corrected chi connectivity index (χ4v) is 1.23. The summed E-state index contributed by atoms with van der Waals surface area (Å²) in [6.45, 7) is -0.492. The van der Waals surface area contributed by atoms with Gasteiger partial charge >= 0.3 is 5.97 Å². The number of aliphatic hydroxyl groups is 1. The Morgan fingerprint density at radius 1 is 1.28 bits per heavy atom. The van der Waals surface area contributed by atoms with Crippen molar-refractivity contribution in [1.29, 1.82) is 0 Å². The number of hydrogen-bond donors (Lipinski definition) is 3. The lowest BCUT2D eigenvalue weighted by Gasteiger charge is -2.11. The molecular formula is C12H15NO5. The summed E-state index contributed by atoms with van der Waals surface area (Å²) in [7, 11) is 0. The second-order valence-corrected chi connectivity index (χ2v) is 3.55. The van der Waals surface area contributed by atoms with Crippen LogP contribution < -0.4 is 10.1 Å². The van der Waals surface area contributed by atoms with Crippen LogP contribution in [0.15, 0.2) is 30.3 Å². The molecule has 0 bridgehead atoms. The molecule has 1 aromatic rings. The largest absolute Gasteiger partial charge is 0.493 e. The molecule has 0 radical (unpaired) electrons. The summed E-state index contributed by atoms with van der Waals surface area (Å²) < 4.78 is 5.28. The second-order valence-electron chi connectivity index (χ2n) is 3.55. The first kappa shape index (κ1) is 14.0. The number of amides is 1. The Hall–Kier alpha value is -2.08. The highest BCUT2D eigenvalue weighted by Gasteiger charge is 2.18. The lowest BCUT2D eigenvalue weighted by atomic mass is 10.3. The Kier molecular flexibility index (Phi) is 5.66. The number of carboxylic acid groups (broad SMARTS) is 1. The molecule has 6 nitrogen and oxygen atoms in total. The molecule has 0 aromatic heterocycles. The number of para-hydroxylation sites is 1. The summed E-state index contributed by atoms with van der Waals surface area (Å²) in [5.41, 5.74) is 0. The molecule has 0 aliphatic carbocycles. The van der Waals surface area contributed by atoms with Crippen molar-refractivity contribution in [1.82, 2.24) is 5.32 Å². The highest BCUT2D eigenvalue weighted by Crippen LogP contribution is 2.08. The third-order valence-electron chi connectivity index (χ3n) is 2.16. The Morgan fingerprint density at radius 3 is 2.50 bits per heavy atom. The number of rotatable bonds is 7. The van der Waals surface area contributed by atoms with Crippen molar-refractivity contribution < 1.29 is 24.5 Å². The third-order valence-corrected chi connectivity index (χ3v) is 2.16. The van der Waals surface area contributed by atoms with Crippen molar-refractivity contribution in [2.75, 3.05) is 13.2 Å². The van der Waals surface area contributed by atoms with Crippen LogP contribution in [0.5, 0.6) is 5.75 Å². The lowest BCUT2D eigenvalue weighted by molar-refractivity contribution is -0.143. The number of benzene rings is 1. The van der Waals surface area contributed by atoms with Gasteiger partial charge in [-0.3, -0.25) is 4.79 Å². The predicted octanol–water partition coefficient (Wildman–Crippen LogP) is 0.0172. The normalized spacial score (nSPS) is 11.6. The van der Waals surface area contributed by atoms with Crippen LogP contribution in [-0.2, 0) is 9.59 Å². The van der Waals surface area contributed by atoms with E-state index in [0.29, 0.717) is 5.75 Å². The Bertz CT molecular complexity index is 393. The zero-order valence-electron chi connectivity index (χ0n) is 9.70. The first-order valence-corrected chi connectivity index (χ1v) is 5.44. The fraction of sp³-hybridized carbons (Fsp3) is 0.333. The van der Waals surface area contributed by atoms with Crippen molar-refractivity contribution in [2.45, 2.75) is 12.5 Å². The van der Waals surface area contributed by atoms with Gasteiger partial charge in [-0.05, 0) is 12.1 Å². The van der Waals surface area contributed by atoms with Crippen LogP contribution in [0.4, 0.5) is 0 Å². The summed E-state index contributed by atoms with van der Waals surface area (Å²) in [5, 5.41) is 19.5. The molecule has 0 spiro atoms. The van der Waals surface area contributed by atoms with Gasteiger partial charge in [0.15, 0.2) is 0 Å². The van der Waals surface area contributed by atoms with Crippen LogP contribution in [0.2, 0.25) is 0 Å². The van der Waals surface area contributed by atoms with Crippen molar-refractivity contribution >= 4 is 11.9 Å². The van der Waals surface area contributed by atoms with Crippen molar-refractivity contribution in [2.24, 2.45) is 0 Å². The molecule has 0 saturated heterocycles. The van der Waals surface area contributed by atoms with E-state index in [4.69, 9.17) is 14.9 Å². The molecule has 1 amide bonds. The van der Waals surface area contributed by atoms with Crippen LogP contribution in [0.3, 0.4) is 0 Å². The number of carbonyl (C=O) groups excluding carboxylic acids is 1. The van der Waals surface area contributed by atoms with Gasteiger partial charge in [-0.15, -0.1) is 0 Å². The van der Waals surface area contributed by atoms with E-state index < -0.39 is 24.5 Å². The SMILES string of the molecule is O=C(CCOc1ccccc1)N[C@H](CO)C(=O)O. The number of carboxylic acids is 1.